The van der Waals surface area contributed by atoms with Gasteiger partial charge in [0.05, 0.1) is 11.5 Å². The molecule has 1 fully saturated rings. The van der Waals surface area contributed by atoms with Crippen LogP contribution in [0.25, 0.3) is 43.7 Å². The number of thiophene rings is 1. The Morgan fingerprint density at radius 3 is 2.02 bits per heavy atom. The summed E-state index contributed by atoms with van der Waals surface area (Å²) in [4.78, 5) is 29.8. The highest BCUT2D eigenvalue weighted by molar-refractivity contribution is 7.21. The number of aromatic amines is 1. The van der Waals surface area contributed by atoms with Crippen LogP contribution in [0.3, 0.4) is 0 Å². The third-order valence-corrected chi connectivity index (χ3v) is 9.22. The average Bonchev–Trinajstić information content (AvgIpc) is 3.49. The van der Waals surface area contributed by atoms with E-state index in [4.69, 9.17) is 4.74 Å². The summed E-state index contributed by atoms with van der Waals surface area (Å²) in [6.45, 7) is 0.257. The van der Waals surface area contributed by atoms with E-state index in [1.165, 1.54) is 35.6 Å². The van der Waals surface area contributed by atoms with Crippen molar-refractivity contribution in [3.05, 3.63) is 123 Å². The van der Waals surface area contributed by atoms with E-state index in [2.05, 4.69) is 20.2 Å². The van der Waals surface area contributed by atoms with E-state index in [1.807, 2.05) is 12.1 Å². The topological polar surface area (TPSA) is 120 Å². The molecule has 6 aromatic rings. The molecule has 9 nitrogen and oxygen atoms in total. The zero-order valence-electron chi connectivity index (χ0n) is 24.0. The molecule has 4 aromatic carbocycles. The molecule has 230 valence electrons. The number of ketones is 1. The van der Waals surface area contributed by atoms with Gasteiger partial charge in [0, 0.05) is 37.8 Å². The van der Waals surface area contributed by atoms with Crippen LogP contribution in [0.5, 0.6) is 5.75 Å². The third kappa shape index (κ3) is 5.82. The van der Waals surface area contributed by atoms with E-state index < -0.39 is 5.09 Å². The Kier molecular flexibility index (Phi) is 7.49. The van der Waals surface area contributed by atoms with Gasteiger partial charge in [-0.2, -0.15) is 15.4 Å². The minimum atomic E-state index is -0.791. The number of rotatable bonds is 11. The summed E-state index contributed by atoms with van der Waals surface area (Å²) >= 11 is 1.31. The first-order valence-electron chi connectivity index (χ1n) is 14.3. The Bertz CT molecular complexity index is 2070. The number of benzene rings is 4. The Morgan fingerprint density at radius 2 is 1.43 bits per heavy atom. The van der Waals surface area contributed by atoms with Crippen LogP contribution in [-0.2, 0) is 4.84 Å². The summed E-state index contributed by atoms with van der Waals surface area (Å²) in [6, 6.07) is 24.5. The molecule has 1 N–H and O–H groups in total. The molecule has 2 aromatic heterocycles. The van der Waals surface area contributed by atoms with Gasteiger partial charge in [-0.05, 0) is 73.0 Å². The molecule has 0 aliphatic heterocycles. The van der Waals surface area contributed by atoms with Crippen molar-refractivity contribution in [2.24, 2.45) is 5.41 Å². The maximum atomic E-state index is 14.0. The van der Waals surface area contributed by atoms with Gasteiger partial charge in [-0.15, -0.1) is 21.5 Å². The van der Waals surface area contributed by atoms with Crippen molar-refractivity contribution >= 4 is 27.2 Å². The average molecular weight is 639 g/mol. The lowest BCUT2D eigenvalue weighted by atomic mass is 9.97. The van der Waals surface area contributed by atoms with E-state index in [0.717, 1.165) is 28.5 Å². The number of carbonyl (C=O) groups excluding carboxylic acids is 1. The van der Waals surface area contributed by atoms with Crippen molar-refractivity contribution in [2.75, 3.05) is 13.2 Å². The molecular weight excluding hydrogens is 614 g/mol. The number of nitrogens with zero attached hydrogens (tertiary/aromatic N) is 3. The van der Waals surface area contributed by atoms with Crippen molar-refractivity contribution in [1.29, 1.82) is 0 Å². The highest BCUT2D eigenvalue weighted by Gasteiger charge is 2.44. The second-order valence-electron chi connectivity index (χ2n) is 11.2. The highest BCUT2D eigenvalue weighted by atomic mass is 32.1. The van der Waals surface area contributed by atoms with Gasteiger partial charge in [0.1, 0.15) is 35.4 Å². The van der Waals surface area contributed by atoms with E-state index in [9.17, 15) is 23.7 Å². The molecule has 1 aliphatic carbocycles. The van der Waals surface area contributed by atoms with Gasteiger partial charge in [0.25, 0.3) is 5.09 Å². The summed E-state index contributed by atoms with van der Waals surface area (Å²) < 4.78 is 34.1. The first-order valence-corrected chi connectivity index (χ1v) is 15.1. The molecule has 0 unspecified atom stereocenters. The summed E-state index contributed by atoms with van der Waals surface area (Å²) in [5, 5.41) is 21.8. The lowest BCUT2D eigenvalue weighted by molar-refractivity contribution is -0.760. The maximum absolute atomic E-state index is 14.0. The minimum Gasteiger partial charge on any atom is -0.493 e. The van der Waals surface area contributed by atoms with Crippen LogP contribution < -0.4 is 4.74 Å². The molecular formula is C34H24F2N4O5S. The predicted octanol–water partition coefficient (Wildman–Crippen LogP) is 7.90. The third-order valence-electron chi connectivity index (χ3n) is 8.06. The largest absolute Gasteiger partial charge is 0.493 e. The monoisotopic (exact) mass is 638 g/mol. The van der Waals surface area contributed by atoms with Gasteiger partial charge >= 0.3 is 0 Å². The summed E-state index contributed by atoms with van der Waals surface area (Å²) in [5.74, 6) is -0.374. The molecule has 46 heavy (non-hydrogen) atoms. The summed E-state index contributed by atoms with van der Waals surface area (Å²) in [5.41, 5.74) is 3.98. The van der Waals surface area contributed by atoms with Crippen LogP contribution in [-0.4, -0.2) is 39.5 Å². The van der Waals surface area contributed by atoms with Crippen LogP contribution in [0, 0.1) is 27.2 Å². The molecule has 0 radical (unpaired) electrons. The Labute approximate surface area is 264 Å². The van der Waals surface area contributed by atoms with Crippen molar-refractivity contribution in [3.8, 4) is 39.4 Å². The molecule has 2 heterocycles. The molecule has 1 saturated carbocycles. The Balaban J connectivity index is 1.20. The molecule has 12 heteroatoms. The fourth-order valence-electron chi connectivity index (χ4n) is 5.31. The Hall–Kier alpha value is -5.49. The summed E-state index contributed by atoms with van der Waals surface area (Å²) in [6.07, 6.45) is 1.55. The number of carbonyl (C=O) groups is 1. The number of H-pyrrole nitrogens is 1. The van der Waals surface area contributed by atoms with Gasteiger partial charge < -0.3 is 9.57 Å². The number of halogens is 2. The van der Waals surface area contributed by atoms with Crippen molar-refractivity contribution in [1.82, 2.24) is 15.4 Å². The molecule has 0 amide bonds. The SMILES string of the molecule is O=C(c1ccc(-c2n[nH]nc2-c2ccc(F)cc2)cc1)c1sc2cc(OCC3(CO[N+](=O)[O-])CC3)ccc2c1-c1ccc(F)cc1. The number of hydrogen-bond acceptors (Lipinski definition) is 8. The van der Waals surface area contributed by atoms with Crippen molar-refractivity contribution in [2.45, 2.75) is 12.8 Å². The van der Waals surface area contributed by atoms with Crippen LogP contribution >= 0.6 is 11.3 Å². The Morgan fingerprint density at radius 1 is 0.848 bits per heavy atom. The molecule has 1 aliphatic rings. The van der Waals surface area contributed by atoms with Crippen LogP contribution in [0.4, 0.5) is 8.78 Å². The zero-order chi connectivity index (χ0) is 31.8. The first kappa shape index (κ1) is 29.2. The molecule has 0 spiro atoms. The van der Waals surface area contributed by atoms with E-state index in [0.29, 0.717) is 44.3 Å². The van der Waals surface area contributed by atoms with Crippen molar-refractivity contribution in [3.63, 3.8) is 0 Å². The van der Waals surface area contributed by atoms with E-state index >= 15 is 0 Å². The second-order valence-corrected chi connectivity index (χ2v) is 12.2. The second kappa shape index (κ2) is 11.8. The van der Waals surface area contributed by atoms with Crippen LogP contribution in [0.2, 0.25) is 0 Å². The fraction of sp³-hybridized carbons (Fsp3) is 0.147. The fourth-order valence-corrected chi connectivity index (χ4v) is 6.53. The summed E-state index contributed by atoms with van der Waals surface area (Å²) in [7, 11) is 0. The lowest BCUT2D eigenvalue weighted by Gasteiger charge is -2.15. The van der Waals surface area contributed by atoms with Gasteiger partial charge in [-0.25, -0.2) is 8.78 Å². The van der Waals surface area contributed by atoms with Crippen LogP contribution in [0.15, 0.2) is 91.0 Å². The number of hydrogen-bond donors (Lipinski definition) is 1. The quantitative estimate of drug-likeness (QED) is 0.0870. The molecule has 0 saturated heterocycles. The first-order chi connectivity index (χ1) is 22.3. The number of ether oxygens (including phenoxy) is 1. The van der Waals surface area contributed by atoms with Gasteiger partial charge in [0.2, 0.25) is 5.78 Å². The highest BCUT2D eigenvalue weighted by Crippen LogP contribution is 2.47. The normalized spacial score (nSPS) is 13.4. The van der Waals surface area contributed by atoms with Crippen LogP contribution in [0.1, 0.15) is 28.1 Å². The smallest absolute Gasteiger partial charge is 0.294 e. The lowest BCUT2D eigenvalue weighted by Crippen LogP contribution is -2.21. The van der Waals surface area contributed by atoms with Crippen molar-refractivity contribution < 1.29 is 28.2 Å². The van der Waals surface area contributed by atoms with E-state index in [-0.39, 0.29) is 36.0 Å². The van der Waals surface area contributed by atoms with Gasteiger partial charge in [-0.1, -0.05) is 36.4 Å². The predicted molar refractivity (Wildman–Crippen MR) is 168 cm³/mol. The molecule has 7 rings (SSSR count). The standard InChI is InChI=1S/C34H24F2N4O5S/c35-24-9-5-20(6-10-24)29-27-14-13-26(44-18-34(15-16-34)19-45-40(42)43)17-28(27)46-33(29)32(41)23-3-1-21(2-4-23)30-31(38-39-37-30)22-7-11-25(36)12-8-22/h1-14,17H,15-16,18-19H2,(H,37,38,39). The van der Waals surface area contributed by atoms with Gasteiger partial charge in [-0.3, -0.25) is 4.79 Å². The number of nitrogens with one attached hydrogen (secondary N) is 1. The number of aromatic nitrogens is 3. The molecule has 0 bridgehead atoms. The van der Waals surface area contributed by atoms with E-state index in [1.54, 1.807) is 54.6 Å². The molecule has 0 atom stereocenters. The minimum absolute atomic E-state index is 0.0163. The number of fused-ring (bicyclic) bond motifs is 1. The van der Waals surface area contributed by atoms with Gasteiger partial charge in [0.15, 0.2) is 0 Å². The zero-order valence-corrected chi connectivity index (χ0v) is 24.9. The maximum Gasteiger partial charge on any atom is 0.294 e.